The van der Waals surface area contributed by atoms with Gasteiger partial charge >= 0.3 is 5.97 Å². The molecule has 0 spiro atoms. The zero-order chi connectivity index (χ0) is 11.6. The van der Waals surface area contributed by atoms with E-state index < -0.39 is 12.0 Å². The SMILES string of the molecule is CCC(S)CC(N)C(=O)O.CCCC. The third-order valence-electron chi connectivity index (χ3n) is 1.81. The fraction of sp³-hybridized carbons (Fsp3) is 0.900. The standard InChI is InChI=1S/C6H13NO2S.C4H10/c1-2-4(10)3-5(7)6(8)9;1-3-4-2/h4-5,10H,2-3,7H2,1H3,(H,8,9);3-4H2,1-2H3. The predicted octanol–water partition coefficient (Wildman–Crippen LogP) is 2.30. The molecule has 0 fully saturated rings. The van der Waals surface area contributed by atoms with Crippen LogP contribution in [0.3, 0.4) is 0 Å². The molecule has 3 nitrogen and oxygen atoms in total. The molecule has 0 aliphatic rings. The Balaban J connectivity index is 0. The number of nitrogens with two attached hydrogens (primary N) is 1. The maximum Gasteiger partial charge on any atom is 0.320 e. The first kappa shape index (κ1) is 16.2. The molecule has 0 aliphatic heterocycles. The van der Waals surface area contributed by atoms with Gasteiger partial charge in [-0.3, -0.25) is 4.79 Å². The Bertz CT molecular complexity index is 140. The third kappa shape index (κ3) is 11.8. The minimum atomic E-state index is -0.951. The molecule has 4 heteroatoms. The number of carboxylic acid groups (broad SMARTS) is 1. The van der Waals surface area contributed by atoms with Gasteiger partial charge in [0, 0.05) is 5.25 Å². The van der Waals surface area contributed by atoms with Crippen molar-refractivity contribution < 1.29 is 9.90 Å². The van der Waals surface area contributed by atoms with Gasteiger partial charge in [-0.15, -0.1) is 0 Å². The summed E-state index contributed by atoms with van der Waals surface area (Å²) in [6, 6.07) is -0.762. The number of carbonyl (C=O) groups is 1. The summed E-state index contributed by atoms with van der Waals surface area (Å²) >= 11 is 4.12. The van der Waals surface area contributed by atoms with Crippen molar-refractivity contribution in [2.45, 2.75) is 57.7 Å². The summed E-state index contributed by atoms with van der Waals surface area (Å²) in [5.41, 5.74) is 5.24. The number of aliphatic carboxylic acids is 1. The van der Waals surface area contributed by atoms with Gasteiger partial charge in [-0.2, -0.15) is 12.6 Å². The van der Waals surface area contributed by atoms with Gasteiger partial charge in [0.05, 0.1) is 0 Å². The molecule has 0 amide bonds. The molecular formula is C10H23NO2S. The number of hydrogen-bond donors (Lipinski definition) is 3. The molecule has 0 bridgehead atoms. The van der Waals surface area contributed by atoms with E-state index in [2.05, 4.69) is 26.5 Å². The van der Waals surface area contributed by atoms with Crippen molar-refractivity contribution in [3.63, 3.8) is 0 Å². The van der Waals surface area contributed by atoms with E-state index in [1.54, 1.807) is 0 Å². The number of thiol groups is 1. The summed E-state index contributed by atoms with van der Waals surface area (Å²) in [4.78, 5) is 10.2. The highest BCUT2D eigenvalue weighted by Gasteiger charge is 2.14. The molecule has 0 aromatic heterocycles. The van der Waals surface area contributed by atoms with Crippen LogP contribution in [0.25, 0.3) is 0 Å². The first-order chi connectivity index (χ1) is 6.49. The average Bonchev–Trinajstić information content (AvgIpc) is 2.17. The van der Waals surface area contributed by atoms with Gasteiger partial charge in [0.2, 0.25) is 0 Å². The van der Waals surface area contributed by atoms with Crippen LogP contribution < -0.4 is 5.73 Å². The molecular weight excluding hydrogens is 198 g/mol. The minimum Gasteiger partial charge on any atom is -0.480 e. The molecule has 86 valence electrons. The second kappa shape index (κ2) is 10.9. The highest BCUT2D eigenvalue weighted by atomic mass is 32.1. The van der Waals surface area contributed by atoms with E-state index in [0.29, 0.717) is 6.42 Å². The van der Waals surface area contributed by atoms with E-state index in [9.17, 15) is 4.79 Å². The Kier molecular flexibility index (Phi) is 12.6. The van der Waals surface area contributed by atoms with Gasteiger partial charge in [0.15, 0.2) is 0 Å². The van der Waals surface area contributed by atoms with Crippen molar-refractivity contribution in [3.05, 3.63) is 0 Å². The lowest BCUT2D eigenvalue weighted by atomic mass is 10.1. The van der Waals surface area contributed by atoms with Gasteiger partial charge in [-0.25, -0.2) is 0 Å². The normalized spacial score (nSPS) is 13.8. The molecule has 0 aliphatic carbocycles. The van der Waals surface area contributed by atoms with Gasteiger partial charge in [-0.05, 0) is 12.8 Å². The van der Waals surface area contributed by atoms with Crippen molar-refractivity contribution in [2.24, 2.45) is 5.73 Å². The molecule has 0 heterocycles. The molecule has 14 heavy (non-hydrogen) atoms. The summed E-state index contributed by atoms with van der Waals surface area (Å²) < 4.78 is 0. The number of rotatable bonds is 5. The first-order valence-corrected chi connectivity index (χ1v) is 5.67. The Labute approximate surface area is 92.5 Å². The fourth-order valence-corrected chi connectivity index (χ4v) is 0.788. The van der Waals surface area contributed by atoms with Gasteiger partial charge in [-0.1, -0.05) is 33.6 Å². The van der Waals surface area contributed by atoms with Crippen LogP contribution in [0.4, 0.5) is 0 Å². The van der Waals surface area contributed by atoms with Crippen molar-refractivity contribution in [3.8, 4) is 0 Å². The largest absolute Gasteiger partial charge is 0.480 e. The van der Waals surface area contributed by atoms with Crippen LogP contribution >= 0.6 is 12.6 Å². The Hall–Kier alpha value is -0.220. The third-order valence-corrected chi connectivity index (χ3v) is 2.39. The van der Waals surface area contributed by atoms with Crippen molar-refractivity contribution in [2.75, 3.05) is 0 Å². The molecule has 0 aromatic carbocycles. The maximum atomic E-state index is 10.2. The van der Waals surface area contributed by atoms with E-state index in [1.807, 2.05) is 6.92 Å². The molecule has 2 unspecified atom stereocenters. The molecule has 2 atom stereocenters. The highest BCUT2D eigenvalue weighted by molar-refractivity contribution is 7.80. The van der Waals surface area contributed by atoms with Crippen LogP contribution in [-0.4, -0.2) is 22.4 Å². The lowest BCUT2D eigenvalue weighted by Crippen LogP contribution is -2.32. The summed E-state index contributed by atoms with van der Waals surface area (Å²) in [6.07, 6.45) is 3.93. The zero-order valence-electron chi connectivity index (χ0n) is 9.36. The molecule has 0 saturated carbocycles. The number of carboxylic acids is 1. The van der Waals surface area contributed by atoms with Crippen LogP contribution in [0.5, 0.6) is 0 Å². The Morgan fingerprint density at radius 3 is 2.00 bits per heavy atom. The quantitative estimate of drug-likeness (QED) is 0.624. The number of unbranched alkanes of at least 4 members (excludes halogenated alkanes) is 1. The molecule has 0 rings (SSSR count). The van der Waals surface area contributed by atoms with Crippen molar-refractivity contribution in [1.29, 1.82) is 0 Å². The predicted molar refractivity (Wildman–Crippen MR) is 63.9 cm³/mol. The summed E-state index contributed by atoms with van der Waals surface area (Å²) in [5.74, 6) is -0.951. The van der Waals surface area contributed by atoms with Crippen LogP contribution in [0.1, 0.15) is 46.5 Å². The highest BCUT2D eigenvalue weighted by Crippen LogP contribution is 2.07. The average molecular weight is 221 g/mol. The van der Waals surface area contributed by atoms with E-state index >= 15 is 0 Å². The summed E-state index contributed by atoms with van der Waals surface area (Å²) in [6.45, 7) is 6.31. The summed E-state index contributed by atoms with van der Waals surface area (Å²) in [5, 5.41) is 8.47. The summed E-state index contributed by atoms with van der Waals surface area (Å²) in [7, 11) is 0. The van der Waals surface area contributed by atoms with E-state index in [-0.39, 0.29) is 5.25 Å². The van der Waals surface area contributed by atoms with Gasteiger partial charge < -0.3 is 10.8 Å². The van der Waals surface area contributed by atoms with E-state index in [0.717, 1.165) is 6.42 Å². The van der Waals surface area contributed by atoms with Gasteiger partial charge in [0.25, 0.3) is 0 Å². The van der Waals surface area contributed by atoms with Crippen molar-refractivity contribution in [1.82, 2.24) is 0 Å². The first-order valence-electron chi connectivity index (χ1n) is 5.15. The molecule has 0 saturated heterocycles. The smallest absolute Gasteiger partial charge is 0.320 e. The number of hydrogen-bond acceptors (Lipinski definition) is 3. The van der Waals surface area contributed by atoms with Crippen molar-refractivity contribution >= 4 is 18.6 Å². The Morgan fingerprint density at radius 2 is 1.79 bits per heavy atom. The lowest BCUT2D eigenvalue weighted by Gasteiger charge is -2.10. The second-order valence-corrected chi connectivity index (χ2v) is 3.97. The van der Waals surface area contributed by atoms with Gasteiger partial charge in [0.1, 0.15) is 6.04 Å². The second-order valence-electron chi connectivity index (χ2n) is 3.24. The molecule has 3 N–H and O–H groups in total. The molecule has 0 radical (unpaired) electrons. The van der Waals surface area contributed by atoms with Crippen LogP contribution in [0.15, 0.2) is 0 Å². The maximum absolute atomic E-state index is 10.2. The van der Waals surface area contributed by atoms with Crippen LogP contribution in [-0.2, 0) is 4.79 Å². The lowest BCUT2D eigenvalue weighted by molar-refractivity contribution is -0.138. The van der Waals surface area contributed by atoms with E-state index in [1.165, 1.54) is 12.8 Å². The Morgan fingerprint density at radius 1 is 1.36 bits per heavy atom. The monoisotopic (exact) mass is 221 g/mol. The molecule has 0 aromatic rings. The fourth-order valence-electron chi connectivity index (χ4n) is 0.561. The van der Waals surface area contributed by atoms with E-state index in [4.69, 9.17) is 10.8 Å². The van der Waals surface area contributed by atoms with Crippen LogP contribution in [0.2, 0.25) is 0 Å². The van der Waals surface area contributed by atoms with Crippen LogP contribution in [0, 0.1) is 0 Å². The minimum absolute atomic E-state index is 0.103. The topological polar surface area (TPSA) is 63.3 Å². The zero-order valence-corrected chi connectivity index (χ0v) is 10.3.